The fourth-order valence-corrected chi connectivity index (χ4v) is 3.87. The highest BCUT2D eigenvalue weighted by molar-refractivity contribution is 7.92. The lowest BCUT2D eigenvalue weighted by atomic mass is 10.2. The highest BCUT2D eigenvalue weighted by Gasteiger charge is 2.29. The molecule has 1 N–H and O–H groups in total. The quantitative estimate of drug-likeness (QED) is 0.579. The van der Waals surface area contributed by atoms with Gasteiger partial charge < -0.3 is 5.32 Å². The standard InChI is InChI=1S/C17H18ClN3O5S/c1-11-5-4-6-13(9-11)20(27(3,25)26)12(2)17(22)19-16-10-14(21(23)24)7-8-15(16)18/h4-10,12H,1-3H3,(H,19,22). The van der Waals surface area contributed by atoms with Crippen molar-refractivity contribution in [2.75, 3.05) is 15.9 Å². The monoisotopic (exact) mass is 411 g/mol. The first-order chi connectivity index (χ1) is 12.5. The molecule has 10 heteroatoms. The topological polar surface area (TPSA) is 110 Å². The van der Waals surface area contributed by atoms with E-state index in [4.69, 9.17) is 11.6 Å². The summed E-state index contributed by atoms with van der Waals surface area (Å²) in [4.78, 5) is 22.9. The molecule has 27 heavy (non-hydrogen) atoms. The van der Waals surface area contributed by atoms with Gasteiger partial charge in [0.25, 0.3) is 5.69 Å². The summed E-state index contributed by atoms with van der Waals surface area (Å²) < 4.78 is 25.6. The van der Waals surface area contributed by atoms with Gasteiger partial charge in [0.2, 0.25) is 15.9 Å². The lowest BCUT2D eigenvalue weighted by Gasteiger charge is -2.28. The van der Waals surface area contributed by atoms with E-state index < -0.39 is 26.9 Å². The van der Waals surface area contributed by atoms with Gasteiger partial charge in [0.05, 0.1) is 27.6 Å². The van der Waals surface area contributed by atoms with Gasteiger partial charge in [-0.2, -0.15) is 0 Å². The second-order valence-electron chi connectivity index (χ2n) is 5.98. The fourth-order valence-electron chi connectivity index (χ4n) is 2.53. The van der Waals surface area contributed by atoms with Crippen LogP contribution in [0.5, 0.6) is 0 Å². The Labute approximate surface area is 162 Å². The highest BCUT2D eigenvalue weighted by atomic mass is 35.5. The van der Waals surface area contributed by atoms with Crippen LogP contribution in [0.3, 0.4) is 0 Å². The van der Waals surface area contributed by atoms with Crippen molar-refractivity contribution in [3.8, 4) is 0 Å². The zero-order valence-electron chi connectivity index (χ0n) is 14.8. The van der Waals surface area contributed by atoms with Gasteiger partial charge in [-0.15, -0.1) is 0 Å². The third-order valence-corrected chi connectivity index (χ3v) is 5.33. The van der Waals surface area contributed by atoms with E-state index in [-0.39, 0.29) is 16.4 Å². The smallest absolute Gasteiger partial charge is 0.271 e. The molecule has 1 amide bonds. The molecule has 0 radical (unpaired) electrons. The van der Waals surface area contributed by atoms with Crippen LogP contribution in [-0.4, -0.2) is 31.5 Å². The van der Waals surface area contributed by atoms with Crippen LogP contribution in [0.2, 0.25) is 5.02 Å². The molecule has 1 unspecified atom stereocenters. The highest BCUT2D eigenvalue weighted by Crippen LogP contribution is 2.28. The number of aryl methyl sites for hydroxylation is 1. The molecule has 2 aromatic carbocycles. The summed E-state index contributed by atoms with van der Waals surface area (Å²) in [6.07, 6.45) is 0.999. The maximum Gasteiger partial charge on any atom is 0.271 e. The van der Waals surface area contributed by atoms with Crippen LogP contribution in [0.1, 0.15) is 12.5 Å². The Kier molecular flexibility index (Phi) is 6.07. The van der Waals surface area contributed by atoms with Crippen LogP contribution in [0.25, 0.3) is 0 Å². The van der Waals surface area contributed by atoms with Crippen LogP contribution < -0.4 is 9.62 Å². The number of anilines is 2. The molecular formula is C17H18ClN3O5S. The van der Waals surface area contributed by atoms with E-state index in [9.17, 15) is 23.3 Å². The van der Waals surface area contributed by atoms with Crippen molar-refractivity contribution in [3.05, 3.63) is 63.2 Å². The fraction of sp³-hybridized carbons (Fsp3) is 0.235. The molecule has 0 aliphatic carbocycles. The van der Waals surface area contributed by atoms with Crippen LogP contribution in [-0.2, 0) is 14.8 Å². The van der Waals surface area contributed by atoms with Gasteiger partial charge in [0, 0.05) is 12.1 Å². The average Bonchev–Trinajstić information content (AvgIpc) is 2.55. The number of benzene rings is 2. The average molecular weight is 412 g/mol. The summed E-state index contributed by atoms with van der Waals surface area (Å²) in [5.74, 6) is -0.677. The molecule has 0 aliphatic rings. The number of hydrogen-bond acceptors (Lipinski definition) is 5. The summed E-state index contributed by atoms with van der Waals surface area (Å²) >= 11 is 5.99. The van der Waals surface area contributed by atoms with Gasteiger partial charge in [0.1, 0.15) is 6.04 Å². The Balaban J connectivity index is 2.36. The number of hydrogen-bond donors (Lipinski definition) is 1. The van der Waals surface area contributed by atoms with E-state index >= 15 is 0 Å². The number of nitro groups is 1. The van der Waals surface area contributed by atoms with E-state index in [0.717, 1.165) is 22.2 Å². The number of carbonyl (C=O) groups excluding carboxylic acids is 1. The molecule has 2 rings (SSSR count). The summed E-state index contributed by atoms with van der Waals surface area (Å²) in [6, 6.07) is 9.21. The summed E-state index contributed by atoms with van der Waals surface area (Å²) in [5, 5.41) is 13.5. The minimum absolute atomic E-state index is 0.0282. The van der Waals surface area contributed by atoms with Crippen molar-refractivity contribution in [2.24, 2.45) is 0 Å². The number of amides is 1. The van der Waals surface area contributed by atoms with Crippen LogP contribution in [0.15, 0.2) is 42.5 Å². The molecular weight excluding hydrogens is 394 g/mol. The molecule has 0 saturated carbocycles. The zero-order valence-corrected chi connectivity index (χ0v) is 16.4. The minimum atomic E-state index is -3.77. The predicted octanol–water partition coefficient (Wildman–Crippen LogP) is 3.35. The van der Waals surface area contributed by atoms with Gasteiger partial charge in [0.15, 0.2) is 0 Å². The molecule has 0 spiro atoms. The van der Waals surface area contributed by atoms with Crippen molar-refractivity contribution in [3.63, 3.8) is 0 Å². The van der Waals surface area contributed by atoms with Crippen LogP contribution in [0.4, 0.5) is 17.1 Å². The van der Waals surface area contributed by atoms with Gasteiger partial charge in [-0.05, 0) is 37.6 Å². The van der Waals surface area contributed by atoms with Crippen molar-refractivity contribution in [2.45, 2.75) is 19.9 Å². The number of nitrogens with one attached hydrogen (secondary N) is 1. The normalized spacial score (nSPS) is 12.3. The number of carbonyl (C=O) groups is 1. The summed E-state index contributed by atoms with van der Waals surface area (Å²) in [5.41, 5.74) is 0.946. The van der Waals surface area contributed by atoms with Crippen LogP contribution in [0, 0.1) is 17.0 Å². The molecule has 0 heterocycles. The number of halogens is 1. The SMILES string of the molecule is Cc1cccc(N(C(C)C(=O)Nc2cc([N+](=O)[O-])ccc2Cl)S(C)(=O)=O)c1. The Morgan fingerprint density at radius 3 is 2.48 bits per heavy atom. The number of nitro benzene ring substituents is 1. The third kappa shape index (κ3) is 4.95. The van der Waals surface area contributed by atoms with E-state index in [1.165, 1.54) is 19.1 Å². The van der Waals surface area contributed by atoms with E-state index in [1.54, 1.807) is 31.2 Å². The van der Waals surface area contributed by atoms with Crippen LogP contribution >= 0.6 is 11.6 Å². The molecule has 0 aliphatic heterocycles. The van der Waals surface area contributed by atoms with E-state index in [2.05, 4.69) is 5.32 Å². The first kappa shape index (κ1) is 20.7. The summed E-state index contributed by atoms with van der Waals surface area (Å²) in [6.45, 7) is 3.22. The molecule has 0 saturated heterocycles. The molecule has 0 aromatic heterocycles. The number of sulfonamides is 1. The Morgan fingerprint density at radius 1 is 1.26 bits per heavy atom. The van der Waals surface area contributed by atoms with Crippen molar-refractivity contribution in [1.29, 1.82) is 0 Å². The van der Waals surface area contributed by atoms with Crippen molar-refractivity contribution in [1.82, 2.24) is 0 Å². The molecule has 0 bridgehead atoms. The Hall–Kier alpha value is -2.65. The summed E-state index contributed by atoms with van der Waals surface area (Å²) in [7, 11) is -3.77. The number of rotatable bonds is 6. The maximum atomic E-state index is 12.6. The van der Waals surface area contributed by atoms with Crippen molar-refractivity contribution >= 4 is 44.6 Å². The number of non-ortho nitro benzene ring substituents is 1. The second-order valence-corrected chi connectivity index (χ2v) is 8.25. The number of nitrogens with zero attached hydrogens (tertiary/aromatic N) is 2. The lowest BCUT2D eigenvalue weighted by molar-refractivity contribution is -0.384. The Bertz CT molecular complexity index is 994. The van der Waals surface area contributed by atoms with Crippen molar-refractivity contribution < 1.29 is 18.1 Å². The van der Waals surface area contributed by atoms with E-state index in [1.807, 2.05) is 0 Å². The lowest BCUT2D eigenvalue weighted by Crippen LogP contribution is -2.45. The van der Waals surface area contributed by atoms with Gasteiger partial charge >= 0.3 is 0 Å². The predicted molar refractivity (Wildman–Crippen MR) is 105 cm³/mol. The second kappa shape index (κ2) is 7.93. The third-order valence-electron chi connectivity index (χ3n) is 3.76. The molecule has 2 aromatic rings. The molecule has 0 fully saturated rings. The van der Waals surface area contributed by atoms with Gasteiger partial charge in [-0.1, -0.05) is 23.7 Å². The first-order valence-electron chi connectivity index (χ1n) is 7.81. The largest absolute Gasteiger partial charge is 0.323 e. The molecule has 144 valence electrons. The van der Waals surface area contributed by atoms with Gasteiger partial charge in [-0.25, -0.2) is 8.42 Å². The molecule has 8 nitrogen and oxygen atoms in total. The molecule has 1 atom stereocenters. The Morgan fingerprint density at radius 2 is 1.93 bits per heavy atom. The minimum Gasteiger partial charge on any atom is -0.323 e. The zero-order chi connectivity index (χ0) is 20.4. The van der Waals surface area contributed by atoms with E-state index in [0.29, 0.717) is 5.69 Å². The maximum absolute atomic E-state index is 12.6. The first-order valence-corrected chi connectivity index (χ1v) is 10.0. The van der Waals surface area contributed by atoms with Gasteiger partial charge in [-0.3, -0.25) is 19.2 Å².